The van der Waals surface area contributed by atoms with Crippen LogP contribution in [0.4, 0.5) is 16.4 Å². The van der Waals surface area contributed by atoms with Crippen LogP contribution in [-0.2, 0) is 19.6 Å². The number of nitrogens with zero attached hydrogens (tertiary/aromatic N) is 8. The van der Waals surface area contributed by atoms with Gasteiger partial charge in [0.05, 0.1) is 24.3 Å². The maximum Gasteiger partial charge on any atom is 0.407 e. The summed E-state index contributed by atoms with van der Waals surface area (Å²) in [5.74, 6) is 1.52. The van der Waals surface area contributed by atoms with E-state index in [1.807, 2.05) is 30.8 Å². The van der Waals surface area contributed by atoms with Crippen LogP contribution in [0.5, 0.6) is 0 Å². The van der Waals surface area contributed by atoms with Gasteiger partial charge in [-0.05, 0) is 24.6 Å². The summed E-state index contributed by atoms with van der Waals surface area (Å²) in [6, 6.07) is 7.19. The zero-order valence-electron chi connectivity index (χ0n) is 19.1. The summed E-state index contributed by atoms with van der Waals surface area (Å²) >= 11 is 0. The lowest BCUT2D eigenvalue weighted by atomic mass is 10.1. The summed E-state index contributed by atoms with van der Waals surface area (Å²) in [4.78, 5) is 38.6. The molecule has 0 saturated carbocycles. The number of carbonyl (C=O) groups is 2. The number of anilines is 2. The lowest BCUT2D eigenvalue weighted by Gasteiger charge is -2.18. The van der Waals surface area contributed by atoms with E-state index in [4.69, 9.17) is 4.98 Å². The maximum absolute atomic E-state index is 13.4. The highest BCUT2D eigenvalue weighted by Gasteiger charge is 2.33. The minimum Gasteiger partial charge on any atom is -0.465 e. The van der Waals surface area contributed by atoms with Crippen molar-refractivity contribution in [1.29, 1.82) is 0 Å². The standard InChI is InChI=1S/C22H26N8O3/c1-5-9-29-13-23-26-20(29)16-7-6-8-18(24-16)30-11-15-14(21(30)31)10-19(27(2)3)25-17(15)12-28(4)22(32)33/h6-8,10,13H,5,9,11-12H2,1-4H3,(H,32,33). The van der Waals surface area contributed by atoms with Crippen LogP contribution in [0.1, 0.15) is 35.0 Å². The number of fused-ring (bicyclic) bond motifs is 1. The van der Waals surface area contributed by atoms with Crippen molar-refractivity contribution in [2.75, 3.05) is 30.9 Å². The van der Waals surface area contributed by atoms with Crippen molar-refractivity contribution in [3.63, 3.8) is 0 Å². The Hall–Kier alpha value is -4.02. The molecule has 4 heterocycles. The summed E-state index contributed by atoms with van der Waals surface area (Å²) in [5.41, 5.74) is 2.39. The second kappa shape index (κ2) is 8.85. The van der Waals surface area contributed by atoms with Crippen LogP contribution in [0.25, 0.3) is 11.5 Å². The number of carbonyl (C=O) groups excluding carboxylic acids is 1. The van der Waals surface area contributed by atoms with Gasteiger partial charge in [-0.3, -0.25) is 9.69 Å². The second-order valence-corrected chi connectivity index (χ2v) is 8.11. The number of hydrogen-bond donors (Lipinski definition) is 1. The third-order valence-corrected chi connectivity index (χ3v) is 5.48. The first-order valence-electron chi connectivity index (χ1n) is 10.6. The molecule has 3 aromatic heterocycles. The molecule has 1 N–H and O–H groups in total. The van der Waals surface area contributed by atoms with Crippen LogP contribution in [0, 0.1) is 0 Å². The Labute approximate surface area is 191 Å². The third kappa shape index (κ3) is 4.21. The molecule has 0 fully saturated rings. The van der Waals surface area contributed by atoms with Crippen molar-refractivity contribution in [2.24, 2.45) is 0 Å². The van der Waals surface area contributed by atoms with E-state index < -0.39 is 6.09 Å². The average molecular weight is 451 g/mol. The molecule has 0 bridgehead atoms. The van der Waals surface area contributed by atoms with E-state index in [-0.39, 0.29) is 19.0 Å². The van der Waals surface area contributed by atoms with E-state index in [0.29, 0.717) is 40.0 Å². The van der Waals surface area contributed by atoms with Crippen molar-refractivity contribution in [3.05, 3.63) is 47.4 Å². The van der Waals surface area contributed by atoms with Crippen LogP contribution in [0.15, 0.2) is 30.6 Å². The monoisotopic (exact) mass is 450 g/mol. The summed E-state index contributed by atoms with van der Waals surface area (Å²) in [5, 5.41) is 17.5. The van der Waals surface area contributed by atoms with Crippen LogP contribution >= 0.6 is 0 Å². The zero-order chi connectivity index (χ0) is 23.7. The highest BCUT2D eigenvalue weighted by Crippen LogP contribution is 2.32. The molecule has 0 atom stereocenters. The summed E-state index contributed by atoms with van der Waals surface area (Å²) in [6.07, 6.45) is 1.54. The second-order valence-electron chi connectivity index (χ2n) is 8.11. The Balaban J connectivity index is 1.71. The van der Waals surface area contributed by atoms with Crippen LogP contribution in [0.3, 0.4) is 0 Å². The van der Waals surface area contributed by atoms with E-state index >= 15 is 0 Å². The minimum absolute atomic E-state index is 0.0774. The van der Waals surface area contributed by atoms with Crippen molar-refractivity contribution in [3.8, 4) is 11.5 Å². The summed E-state index contributed by atoms with van der Waals surface area (Å²) in [7, 11) is 5.13. The number of pyridine rings is 2. The molecule has 0 spiro atoms. The van der Waals surface area contributed by atoms with E-state index in [1.54, 1.807) is 28.3 Å². The molecule has 11 nitrogen and oxygen atoms in total. The molecule has 1 aliphatic rings. The Bertz CT molecular complexity index is 1210. The van der Waals surface area contributed by atoms with Gasteiger partial charge in [0.25, 0.3) is 5.91 Å². The SMILES string of the molecule is CCCn1cnnc1-c1cccc(N2Cc3c(cc(N(C)C)nc3CN(C)C(=O)O)C2=O)n1. The molecule has 0 unspecified atom stereocenters. The zero-order valence-corrected chi connectivity index (χ0v) is 19.1. The van der Waals surface area contributed by atoms with Crippen LogP contribution < -0.4 is 9.80 Å². The van der Waals surface area contributed by atoms with Gasteiger partial charge in [-0.15, -0.1) is 10.2 Å². The molecule has 172 valence electrons. The van der Waals surface area contributed by atoms with E-state index in [9.17, 15) is 14.7 Å². The van der Waals surface area contributed by atoms with Gasteiger partial charge in [0, 0.05) is 33.3 Å². The number of rotatable bonds is 7. The highest BCUT2D eigenvalue weighted by atomic mass is 16.4. The van der Waals surface area contributed by atoms with Gasteiger partial charge in [0.2, 0.25) is 0 Å². The lowest BCUT2D eigenvalue weighted by molar-refractivity contribution is 0.0996. The van der Waals surface area contributed by atoms with Gasteiger partial charge in [-0.1, -0.05) is 13.0 Å². The number of aryl methyl sites for hydroxylation is 1. The predicted molar refractivity (Wildman–Crippen MR) is 122 cm³/mol. The normalized spacial score (nSPS) is 12.7. The lowest BCUT2D eigenvalue weighted by Crippen LogP contribution is -2.26. The Kier molecular flexibility index (Phi) is 5.95. The fourth-order valence-electron chi connectivity index (χ4n) is 3.75. The fraction of sp³-hybridized carbons (Fsp3) is 0.364. The summed E-state index contributed by atoms with van der Waals surface area (Å²) < 4.78 is 1.93. The predicted octanol–water partition coefficient (Wildman–Crippen LogP) is 2.48. The number of amides is 2. The largest absolute Gasteiger partial charge is 0.465 e. The Morgan fingerprint density at radius 3 is 2.70 bits per heavy atom. The molecular weight excluding hydrogens is 424 g/mol. The van der Waals surface area contributed by atoms with Crippen molar-refractivity contribution < 1.29 is 14.7 Å². The van der Waals surface area contributed by atoms with Gasteiger partial charge in [0.1, 0.15) is 23.7 Å². The fourth-order valence-corrected chi connectivity index (χ4v) is 3.75. The van der Waals surface area contributed by atoms with E-state index in [0.717, 1.165) is 17.9 Å². The van der Waals surface area contributed by atoms with E-state index in [1.165, 1.54) is 7.05 Å². The Morgan fingerprint density at radius 2 is 2.00 bits per heavy atom. The number of aromatic nitrogens is 5. The maximum atomic E-state index is 13.4. The molecule has 2 amide bonds. The smallest absolute Gasteiger partial charge is 0.407 e. The number of hydrogen-bond acceptors (Lipinski definition) is 7. The molecule has 1 aliphatic heterocycles. The molecule has 0 radical (unpaired) electrons. The molecule has 4 rings (SSSR count). The average Bonchev–Trinajstić information content (AvgIpc) is 3.39. The molecular formula is C22H26N8O3. The molecule has 0 aliphatic carbocycles. The van der Waals surface area contributed by atoms with Crippen LogP contribution in [-0.4, -0.2) is 67.9 Å². The molecule has 0 saturated heterocycles. The number of carboxylic acid groups (broad SMARTS) is 1. The molecule has 11 heteroatoms. The van der Waals surface area contributed by atoms with Gasteiger partial charge < -0.3 is 19.5 Å². The third-order valence-electron chi connectivity index (χ3n) is 5.48. The van der Waals surface area contributed by atoms with E-state index in [2.05, 4.69) is 22.1 Å². The van der Waals surface area contributed by atoms with Gasteiger partial charge in [0.15, 0.2) is 5.82 Å². The first-order valence-corrected chi connectivity index (χ1v) is 10.6. The van der Waals surface area contributed by atoms with Gasteiger partial charge in [-0.2, -0.15) is 0 Å². The van der Waals surface area contributed by atoms with Crippen molar-refractivity contribution >= 4 is 23.6 Å². The van der Waals surface area contributed by atoms with Gasteiger partial charge >= 0.3 is 6.09 Å². The van der Waals surface area contributed by atoms with Crippen molar-refractivity contribution in [1.82, 2.24) is 29.6 Å². The first kappa shape index (κ1) is 22.2. The first-order chi connectivity index (χ1) is 15.8. The van der Waals surface area contributed by atoms with Crippen molar-refractivity contribution in [2.45, 2.75) is 33.0 Å². The highest BCUT2D eigenvalue weighted by molar-refractivity contribution is 6.10. The quantitative estimate of drug-likeness (QED) is 0.583. The summed E-state index contributed by atoms with van der Waals surface area (Å²) in [6.45, 7) is 3.18. The minimum atomic E-state index is -1.06. The van der Waals surface area contributed by atoms with Crippen LogP contribution in [0.2, 0.25) is 0 Å². The van der Waals surface area contributed by atoms with Gasteiger partial charge in [-0.25, -0.2) is 14.8 Å². The molecule has 33 heavy (non-hydrogen) atoms. The molecule has 3 aromatic rings. The topological polar surface area (TPSA) is 121 Å². The Morgan fingerprint density at radius 1 is 1.21 bits per heavy atom. The molecule has 0 aromatic carbocycles.